The summed E-state index contributed by atoms with van der Waals surface area (Å²) in [4.78, 5) is 26.9. The van der Waals surface area contributed by atoms with Gasteiger partial charge in [0.2, 0.25) is 5.71 Å². The molecule has 0 radical (unpaired) electrons. The van der Waals surface area contributed by atoms with Crippen molar-refractivity contribution in [3.63, 3.8) is 0 Å². The summed E-state index contributed by atoms with van der Waals surface area (Å²) < 4.78 is 60.1. The number of benzene rings is 4. The number of hydrogen-bond donors (Lipinski definition) is 1. The van der Waals surface area contributed by atoms with Crippen LogP contribution in [0, 0.1) is 0 Å². The fourth-order valence-electron chi connectivity index (χ4n) is 13.4. The van der Waals surface area contributed by atoms with Crippen LogP contribution in [-0.4, -0.2) is 91.0 Å². The third-order valence-corrected chi connectivity index (χ3v) is 20.6. The van der Waals surface area contributed by atoms with E-state index in [1.165, 1.54) is 50.7 Å². The van der Waals surface area contributed by atoms with Gasteiger partial charge in [0.15, 0.2) is 6.04 Å². The van der Waals surface area contributed by atoms with Crippen molar-refractivity contribution in [2.75, 3.05) is 40.9 Å². The first-order chi connectivity index (χ1) is 39.9. The van der Waals surface area contributed by atoms with Crippen LogP contribution < -0.4 is 9.80 Å². The first-order valence-electron chi connectivity index (χ1n) is 29.6. The Morgan fingerprint density at radius 2 is 1.37 bits per heavy atom. The van der Waals surface area contributed by atoms with Gasteiger partial charge in [0.1, 0.15) is 11.4 Å². The molecule has 2 aliphatic heterocycles. The Bertz CT molecular complexity index is 3650. The van der Waals surface area contributed by atoms with E-state index in [0.29, 0.717) is 48.8 Å². The van der Waals surface area contributed by atoms with Crippen LogP contribution in [0.15, 0.2) is 168 Å². The maximum Gasteiger partial charge on any atom is 0.266 e. The van der Waals surface area contributed by atoms with Gasteiger partial charge in [0.25, 0.3) is 16.0 Å². The maximum absolute atomic E-state index is 15.2. The van der Waals surface area contributed by atoms with Crippen LogP contribution in [0.4, 0.5) is 11.4 Å². The van der Waals surface area contributed by atoms with Crippen molar-refractivity contribution >= 4 is 77.2 Å². The number of pyridine rings is 1. The predicted molar refractivity (Wildman–Crippen MR) is 341 cm³/mol. The Kier molecular flexibility index (Phi) is 18.9. The van der Waals surface area contributed by atoms with Crippen LogP contribution in [-0.2, 0) is 38.6 Å². The van der Waals surface area contributed by atoms with E-state index in [0.717, 1.165) is 102 Å². The number of anilines is 2. The zero-order valence-electron chi connectivity index (χ0n) is 48.6. The molecule has 1 N–H and O–H groups in total. The number of allylic oxidation sites excluding steroid dienone is 8. The summed E-state index contributed by atoms with van der Waals surface area (Å²) in [5.74, 6) is -0.160. The monoisotopic (exact) mass is 1190 g/mol. The molecule has 2 aromatic heterocycles. The molecule has 436 valence electrons. The lowest BCUT2D eigenvalue weighted by Gasteiger charge is -2.37. The molecule has 4 aromatic carbocycles. The molecule has 1 atom stereocenters. The Hall–Kier alpha value is -6.00. The second-order valence-electron chi connectivity index (χ2n) is 23.8. The zero-order valence-corrected chi connectivity index (χ0v) is 51.8. The van der Waals surface area contributed by atoms with Gasteiger partial charge >= 0.3 is 0 Å². The average molecular weight is 1190 g/mol. The quantitative estimate of drug-likeness (QED) is 0.0343. The Labute approximate surface area is 503 Å². The first-order valence-corrected chi connectivity index (χ1v) is 33.7. The van der Waals surface area contributed by atoms with Crippen LogP contribution in [0.1, 0.15) is 138 Å². The van der Waals surface area contributed by atoms with Crippen LogP contribution in [0.2, 0.25) is 5.02 Å². The van der Waals surface area contributed by atoms with E-state index in [-0.39, 0.29) is 40.3 Å². The molecule has 4 heterocycles. The van der Waals surface area contributed by atoms with Gasteiger partial charge in [-0.3, -0.25) is 18.5 Å². The van der Waals surface area contributed by atoms with Gasteiger partial charge in [-0.2, -0.15) is 8.42 Å². The summed E-state index contributed by atoms with van der Waals surface area (Å²) >= 11 is 6.53. The number of fused-ring (bicyclic) bond motifs is 3. The summed E-state index contributed by atoms with van der Waals surface area (Å²) in [7, 11) is -4.08. The molecule has 0 saturated heterocycles. The lowest BCUT2D eigenvalue weighted by atomic mass is 9.82. The topological polar surface area (TPSA) is 137 Å². The van der Waals surface area contributed by atoms with E-state index in [4.69, 9.17) is 11.6 Å². The van der Waals surface area contributed by atoms with Gasteiger partial charge in [0.05, 0.1) is 10.8 Å². The molecule has 83 heavy (non-hydrogen) atoms. The third kappa shape index (κ3) is 13.3. The Morgan fingerprint density at radius 1 is 0.783 bits per heavy atom. The number of unbranched alkanes of at least 4 members (excludes halogenated alkanes) is 2. The number of amides is 1. The Morgan fingerprint density at radius 3 is 1.96 bits per heavy atom. The molecule has 0 spiro atoms. The molecular formula is C68H78ClN5O6S3. The van der Waals surface area contributed by atoms with Crippen molar-refractivity contribution in [2.45, 2.75) is 141 Å². The first kappa shape index (κ1) is 60.1. The Balaban J connectivity index is 1.05. The molecule has 2 fully saturated rings. The van der Waals surface area contributed by atoms with Crippen molar-refractivity contribution in [2.24, 2.45) is 0 Å². The molecular weight excluding hydrogens is 1110 g/mol. The molecule has 6 aromatic rings. The summed E-state index contributed by atoms with van der Waals surface area (Å²) in [6.45, 7) is 14.0. The highest BCUT2D eigenvalue weighted by molar-refractivity contribution is 7.85. The number of hydrogen-bond acceptors (Lipinski definition) is 9. The number of nitrogens with zero attached hydrogens (tertiary/aromatic N) is 5. The van der Waals surface area contributed by atoms with Crippen molar-refractivity contribution in [3.05, 3.63) is 195 Å². The summed E-state index contributed by atoms with van der Waals surface area (Å²) in [6.07, 6.45) is 22.5. The molecule has 1 amide bonds. The summed E-state index contributed by atoms with van der Waals surface area (Å²) in [5.41, 5.74) is 13.5. The molecule has 11 nitrogen and oxygen atoms in total. The number of carbonyl (C=O) groups is 1. The molecule has 2 saturated carbocycles. The predicted octanol–water partition coefficient (Wildman–Crippen LogP) is 15.2. The van der Waals surface area contributed by atoms with Crippen molar-refractivity contribution < 1.29 is 31.1 Å². The molecule has 2 aliphatic carbocycles. The summed E-state index contributed by atoms with van der Waals surface area (Å²) in [5, 5.41) is 1.42. The fourth-order valence-corrected chi connectivity index (χ4v) is 15.9. The van der Waals surface area contributed by atoms with Gasteiger partial charge < -0.3 is 19.3 Å². The van der Waals surface area contributed by atoms with Gasteiger partial charge in [-0.15, -0.1) is 11.3 Å². The number of para-hydroxylation sites is 2. The zero-order chi connectivity index (χ0) is 58.5. The minimum atomic E-state index is -4.08. The highest BCUT2D eigenvalue weighted by Gasteiger charge is 2.42. The van der Waals surface area contributed by atoms with Crippen LogP contribution in [0.5, 0.6) is 0 Å². The van der Waals surface area contributed by atoms with E-state index in [2.05, 4.69) is 156 Å². The molecule has 15 heteroatoms. The molecule has 4 aliphatic rings. The van der Waals surface area contributed by atoms with Gasteiger partial charge in [-0.25, -0.2) is 4.58 Å². The number of aromatic nitrogens is 1. The normalized spacial score (nSPS) is 21.5. The minimum absolute atomic E-state index is 0.0236. The second-order valence-corrected chi connectivity index (χ2v) is 27.8. The van der Waals surface area contributed by atoms with Crippen molar-refractivity contribution in [1.29, 1.82) is 0 Å². The number of rotatable bonds is 20. The van der Waals surface area contributed by atoms with E-state index in [9.17, 15) is 21.7 Å². The van der Waals surface area contributed by atoms with Gasteiger partial charge in [0, 0.05) is 118 Å². The lowest BCUT2D eigenvalue weighted by molar-refractivity contribution is -0.569. The van der Waals surface area contributed by atoms with Crippen molar-refractivity contribution in [1.82, 2.24) is 9.88 Å². The lowest BCUT2D eigenvalue weighted by Crippen LogP contribution is -2.45. The van der Waals surface area contributed by atoms with Gasteiger partial charge in [-0.1, -0.05) is 142 Å². The van der Waals surface area contributed by atoms with E-state index >= 15 is 4.79 Å². The number of thiophene rings is 1. The van der Waals surface area contributed by atoms with Crippen LogP contribution in [0.3, 0.4) is 0 Å². The molecule has 10 rings (SSSR count). The third-order valence-electron chi connectivity index (χ3n) is 17.5. The van der Waals surface area contributed by atoms with Crippen molar-refractivity contribution in [3.8, 4) is 11.1 Å². The highest BCUT2D eigenvalue weighted by Crippen LogP contribution is 2.50. The van der Waals surface area contributed by atoms with E-state index in [1.807, 2.05) is 48.8 Å². The van der Waals surface area contributed by atoms with Crippen LogP contribution in [0.25, 0.3) is 21.2 Å². The smallest absolute Gasteiger partial charge is 0.266 e. The number of carbonyl (C=O) groups excluding carboxylic acids is 1. The highest BCUT2D eigenvalue weighted by atomic mass is 35.5. The minimum Gasteiger partial charge on any atom is -0.772 e. The van der Waals surface area contributed by atoms with Crippen LogP contribution >= 0.6 is 22.9 Å². The average Bonchev–Trinajstić information content (AvgIpc) is 2.87. The molecule has 0 bridgehead atoms. The standard InChI is InChI=1S/C68H78ClN5O6S3/c1-6-41-71(53-31-33-54(34-32-53)74(66(75)65-63(69)55-23-7-12-28-60(55)81-65)47-48-19-17-22-52(46-48)49-37-39-70-40-38-49)64-50(29-35-61-67(2,3)56-24-8-10-26-58(56)72(61)42-13-15-44-82(76)77)20-18-21-51(64)30-36-62-68(4,5)57-25-9-11-27-59(57)73(62)43-14-16-45-83(78,79)80/h7-12,17,19,22-30,35-40,46,53-54H,6,13-16,18,20-21,31-34,41-45,47H2,1-5H3,(H-,76,77,78,79,80). The largest absolute Gasteiger partial charge is 0.772 e. The fraction of sp³-hybridized carbons (Fsp3) is 0.397. The second kappa shape index (κ2) is 26.1. The maximum atomic E-state index is 15.2. The van der Waals surface area contributed by atoms with E-state index < -0.39 is 21.2 Å². The summed E-state index contributed by atoms with van der Waals surface area (Å²) in [6, 6.07) is 37.8. The SMILES string of the molecule is CCC[N+](=C1/C(=C/C=C2\N(CCCCS(=O)[O-])c3ccccc3C2(C)C)CCC/C1=C\C=C1\N(CCCCS(=O)(=O)O)c2ccccc2C1(C)C)C1CCC(N(Cc2cccc(-c3ccncc3)c2)C(=O)c2sc3ccccc3c2Cl)CC1. The van der Waals surface area contributed by atoms with E-state index in [1.54, 1.807) is 0 Å². The molecule has 1 unspecified atom stereocenters. The van der Waals surface area contributed by atoms with Gasteiger partial charge in [-0.05, 0) is 134 Å². The number of halogens is 1.